The van der Waals surface area contributed by atoms with E-state index in [0.29, 0.717) is 40.4 Å². The Morgan fingerprint density at radius 3 is 1.88 bits per heavy atom. The second kappa shape index (κ2) is 8.93. The molecule has 0 fully saturated rings. The first-order valence-electron chi connectivity index (χ1n) is 9.99. The molecule has 0 aliphatic carbocycles. The summed E-state index contributed by atoms with van der Waals surface area (Å²) in [6, 6.07) is 18.6. The van der Waals surface area contributed by atoms with Crippen molar-refractivity contribution in [3.05, 3.63) is 89.0 Å². The van der Waals surface area contributed by atoms with Gasteiger partial charge < -0.3 is 14.2 Å². The smallest absolute Gasteiger partial charge is 0.343 e. The molecule has 0 atom stereocenters. The van der Waals surface area contributed by atoms with Crippen LogP contribution in [0.25, 0.3) is 0 Å². The van der Waals surface area contributed by atoms with Crippen molar-refractivity contribution in [2.75, 3.05) is 20.8 Å². The maximum atomic E-state index is 12.5. The lowest BCUT2D eigenvalue weighted by Gasteiger charge is -2.14. The number of hydrogen-bond donors (Lipinski definition) is 0. The molecule has 0 spiro atoms. The topological polar surface area (TPSA) is 82.1 Å². The summed E-state index contributed by atoms with van der Waals surface area (Å²) in [5.41, 5.74) is 2.09. The van der Waals surface area contributed by atoms with Crippen LogP contribution in [0.1, 0.15) is 36.6 Å². The number of carbonyl (C=O) groups excluding carboxylic acids is 3. The number of ether oxygens (including phenoxy) is 3. The van der Waals surface area contributed by atoms with E-state index in [4.69, 9.17) is 14.2 Å². The SMILES string of the molecule is COc1cc(OC)cc(C(=O)Oc2ccc(CCN3C(=O)c4ccccc4C3=O)cc2)c1. The van der Waals surface area contributed by atoms with Crippen LogP contribution in [0.2, 0.25) is 0 Å². The van der Waals surface area contributed by atoms with E-state index in [9.17, 15) is 14.4 Å². The van der Waals surface area contributed by atoms with Gasteiger partial charge in [0.15, 0.2) is 0 Å². The van der Waals surface area contributed by atoms with Gasteiger partial charge in [0.2, 0.25) is 0 Å². The van der Waals surface area contributed by atoms with Gasteiger partial charge in [-0.1, -0.05) is 24.3 Å². The van der Waals surface area contributed by atoms with Crippen LogP contribution in [-0.4, -0.2) is 43.4 Å². The zero-order chi connectivity index (χ0) is 22.7. The first kappa shape index (κ1) is 21.1. The predicted octanol–water partition coefficient (Wildman–Crippen LogP) is 3.76. The van der Waals surface area contributed by atoms with Gasteiger partial charge in [-0.3, -0.25) is 14.5 Å². The fourth-order valence-electron chi connectivity index (χ4n) is 3.50. The maximum absolute atomic E-state index is 12.5. The number of imide groups is 1. The Hall–Kier alpha value is -4.13. The molecule has 4 rings (SSSR count). The minimum atomic E-state index is -0.541. The first-order chi connectivity index (χ1) is 15.5. The Labute approximate surface area is 185 Å². The zero-order valence-corrected chi connectivity index (χ0v) is 17.7. The maximum Gasteiger partial charge on any atom is 0.343 e. The van der Waals surface area contributed by atoms with E-state index in [0.717, 1.165) is 5.56 Å². The third kappa shape index (κ3) is 4.18. The van der Waals surface area contributed by atoms with Gasteiger partial charge in [0.05, 0.1) is 30.9 Å². The van der Waals surface area contributed by atoms with Gasteiger partial charge in [0.1, 0.15) is 17.2 Å². The molecule has 3 aromatic rings. The van der Waals surface area contributed by atoms with Gasteiger partial charge in [0.25, 0.3) is 11.8 Å². The molecular weight excluding hydrogens is 410 g/mol. The number of nitrogens with zero attached hydrogens (tertiary/aromatic N) is 1. The largest absolute Gasteiger partial charge is 0.497 e. The second-order valence-corrected chi connectivity index (χ2v) is 7.19. The standard InChI is InChI=1S/C25H21NO6/c1-30-19-13-17(14-20(15-19)31-2)25(29)32-18-9-7-16(8-10-18)11-12-26-23(27)21-5-3-4-6-22(21)24(26)28/h3-10,13-15H,11-12H2,1-2H3. The van der Waals surface area contributed by atoms with Gasteiger partial charge in [-0.2, -0.15) is 0 Å². The molecule has 7 heteroatoms. The van der Waals surface area contributed by atoms with Crippen molar-refractivity contribution in [3.63, 3.8) is 0 Å². The molecule has 0 bridgehead atoms. The zero-order valence-electron chi connectivity index (χ0n) is 17.7. The van der Waals surface area contributed by atoms with Gasteiger partial charge in [0, 0.05) is 12.6 Å². The van der Waals surface area contributed by atoms with E-state index in [1.165, 1.54) is 19.1 Å². The van der Waals surface area contributed by atoms with Crippen LogP contribution in [0, 0.1) is 0 Å². The van der Waals surface area contributed by atoms with Crippen molar-refractivity contribution >= 4 is 17.8 Å². The molecule has 0 radical (unpaired) electrons. The lowest BCUT2D eigenvalue weighted by molar-refractivity contribution is 0.0654. The summed E-state index contributed by atoms with van der Waals surface area (Å²) in [4.78, 5) is 38.7. The Morgan fingerprint density at radius 2 is 1.34 bits per heavy atom. The summed E-state index contributed by atoms with van der Waals surface area (Å²) in [5.74, 6) is 0.261. The Bertz CT molecular complexity index is 1130. The Kier molecular flexibility index (Phi) is 5.89. The van der Waals surface area contributed by atoms with Crippen molar-refractivity contribution in [2.24, 2.45) is 0 Å². The monoisotopic (exact) mass is 431 g/mol. The number of hydrogen-bond acceptors (Lipinski definition) is 6. The average molecular weight is 431 g/mol. The summed E-state index contributed by atoms with van der Waals surface area (Å²) >= 11 is 0. The third-order valence-electron chi connectivity index (χ3n) is 5.22. The van der Waals surface area contributed by atoms with Crippen LogP contribution < -0.4 is 14.2 Å². The molecule has 1 heterocycles. The van der Waals surface area contributed by atoms with Crippen molar-refractivity contribution in [3.8, 4) is 17.2 Å². The fourth-order valence-corrected chi connectivity index (χ4v) is 3.50. The van der Waals surface area contributed by atoms with Gasteiger partial charge in [-0.15, -0.1) is 0 Å². The summed E-state index contributed by atoms with van der Waals surface area (Å²) in [6.07, 6.45) is 0.493. The summed E-state index contributed by atoms with van der Waals surface area (Å²) in [7, 11) is 3.01. The summed E-state index contributed by atoms with van der Waals surface area (Å²) in [6.45, 7) is 0.273. The van der Waals surface area contributed by atoms with Crippen molar-refractivity contribution in [2.45, 2.75) is 6.42 Å². The van der Waals surface area contributed by atoms with Crippen molar-refractivity contribution in [1.29, 1.82) is 0 Å². The number of fused-ring (bicyclic) bond motifs is 1. The molecule has 1 aliphatic heterocycles. The summed E-state index contributed by atoms with van der Waals surface area (Å²) in [5, 5.41) is 0. The highest BCUT2D eigenvalue weighted by Gasteiger charge is 2.34. The molecule has 0 unspecified atom stereocenters. The van der Waals surface area contributed by atoms with E-state index >= 15 is 0 Å². The van der Waals surface area contributed by atoms with Gasteiger partial charge in [-0.05, 0) is 48.4 Å². The molecule has 1 aliphatic rings. The van der Waals surface area contributed by atoms with Crippen molar-refractivity contribution < 1.29 is 28.6 Å². The van der Waals surface area contributed by atoms with Gasteiger partial charge >= 0.3 is 5.97 Å². The lowest BCUT2D eigenvalue weighted by atomic mass is 10.1. The first-order valence-corrected chi connectivity index (χ1v) is 9.99. The number of amides is 2. The van der Waals surface area contributed by atoms with Crippen LogP contribution in [0.5, 0.6) is 17.2 Å². The number of rotatable bonds is 7. The molecule has 2 amide bonds. The third-order valence-corrected chi connectivity index (χ3v) is 5.22. The van der Waals surface area contributed by atoms with Crippen LogP contribution in [0.15, 0.2) is 66.7 Å². The number of esters is 1. The molecule has 32 heavy (non-hydrogen) atoms. The van der Waals surface area contributed by atoms with E-state index in [1.54, 1.807) is 66.7 Å². The predicted molar refractivity (Wildman–Crippen MR) is 116 cm³/mol. The second-order valence-electron chi connectivity index (χ2n) is 7.19. The summed E-state index contributed by atoms with van der Waals surface area (Å²) < 4.78 is 15.8. The molecule has 3 aromatic carbocycles. The Morgan fingerprint density at radius 1 is 0.781 bits per heavy atom. The Balaban J connectivity index is 1.38. The fraction of sp³-hybridized carbons (Fsp3) is 0.160. The van der Waals surface area contributed by atoms with E-state index in [1.807, 2.05) is 0 Å². The van der Waals surface area contributed by atoms with Crippen LogP contribution in [0.4, 0.5) is 0 Å². The normalized spacial score (nSPS) is 12.5. The molecule has 0 saturated heterocycles. The van der Waals surface area contributed by atoms with Crippen LogP contribution >= 0.6 is 0 Å². The van der Waals surface area contributed by atoms with Crippen LogP contribution in [0.3, 0.4) is 0 Å². The molecule has 0 aromatic heterocycles. The van der Waals surface area contributed by atoms with E-state index < -0.39 is 5.97 Å². The minimum absolute atomic E-state index is 0.273. The molecule has 0 saturated carbocycles. The average Bonchev–Trinajstić information content (AvgIpc) is 3.07. The number of benzene rings is 3. The quantitative estimate of drug-likeness (QED) is 0.322. The molecule has 162 valence electrons. The molecule has 7 nitrogen and oxygen atoms in total. The highest BCUT2D eigenvalue weighted by molar-refractivity contribution is 6.21. The van der Waals surface area contributed by atoms with Crippen molar-refractivity contribution in [1.82, 2.24) is 4.90 Å². The molecule has 0 N–H and O–H groups in total. The minimum Gasteiger partial charge on any atom is -0.497 e. The lowest BCUT2D eigenvalue weighted by Crippen LogP contribution is -2.31. The van der Waals surface area contributed by atoms with E-state index in [-0.39, 0.29) is 18.4 Å². The number of methoxy groups -OCH3 is 2. The number of carbonyl (C=O) groups is 3. The van der Waals surface area contributed by atoms with E-state index in [2.05, 4.69) is 0 Å². The van der Waals surface area contributed by atoms with Crippen LogP contribution in [-0.2, 0) is 6.42 Å². The van der Waals surface area contributed by atoms with Gasteiger partial charge in [-0.25, -0.2) is 4.79 Å². The highest BCUT2D eigenvalue weighted by Crippen LogP contribution is 2.25. The highest BCUT2D eigenvalue weighted by atomic mass is 16.5. The molecular formula is C25H21NO6.